The second-order valence-corrected chi connectivity index (χ2v) is 29.4. The number of aliphatic hydroxyl groups is 1. The lowest BCUT2D eigenvalue weighted by atomic mass is 10.0. The van der Waals surface area contributed by atoms with Gasteiger partial charge in [-0.2, -0.15) is 0 Å². The van der Waals surface area contributed by atoms with Gasteiger partial charge in [0.05, 0.1) is 26.4 Å². The number of carbonyl (C=O) groups excluding carboxylic acids is 4. The molecular weight excluding hydrogens is 1150 g/mol. The molecule has 0 aromatic carbocycles. The van der Waals surface area contributed by atoms with Gasteiger partial charge in [0, 0.05) is 25.7 Å². The van der Waals surface area contributed by atoms with Crippen LogP contribution in [0.25, 0.3) is 0 Å². The highest BCUT2D eigenvalue weighted by Gasteiger charge is 2.30. The molecule has 0 aromatic heterocycles. The van der Waals surface area contributed by atoms with Crippen molar-refractivity contribution in [2.75, 3.05) is 39.6 Å². The van der Waals surface area contributed by atoms with Gasteiger partial charge in [0.25, 0.3) is 0 Å². The number of hydrogen-bond acceptors (Lipinski definition) is 15. The van der Waals surface area contributed by atoms with Gasteiger partial charge in [-0.05, 0) is 49.4 Å². The van der Waals surface area contributed by atoms with Crippen LogP contribution < -0.4 is 0 Å². The SMILES string of the molecule is CC(C)CCCCCCCCCCCCCCCC(=O)OC[C@H](COP(=O)(O)OCC(O)COP(=O)(O)OC[C@@H](COC(=O)CCCCCCCCCC(C)C)OC(=O)CCCCCCCCCC(C)C)OC(=O)CCCCCCCCCCC(C)C. The van der Waals surface area contributed by atoms with E-state index in [-0.39, 0.29) is 25.7 Å². The number of rotatable bonds is 65. The minimum absolute atomic E-state index is 0.102. The van der Waals surface area contributed by atoms with Gasteiger partial charge in [0.15, 0.2) is 12.2 Å². The summed E-state index contributed by atoms with van der Waals surface area (Å²) in [5, 5.41) is 10.6. The Morgan fingerprint density at radius 1 is 0.287 bits per heavy atom. The smallest absolute Gasteiger partial charge is 0.462 e. The normalized spacial score (nSPS) is 14.3. The van der Waals surface area contributed by atoms with Gasteiger partial charge in [0.2, 0.25) is 0 Å². The molecule has 17 nitrogen and oxygen atoms in total. The van der Waals surface area contributed by atoms with E-state index in [0.29, 0.717) is 37.5 Å². The number of esters is 4. The molecule has 0 fully saturated rings. The molecule has 0 aromatic rings. The van der Waals surface area contributed by atoms with Crippen LogP contribution in [0.3, 0.4) is 0 Å². The second-order valence-electron chi connectivity index (χ2n) is 26.5. The molecule has 3 N–H and O–H groups in total. The van der Waals surface area contributed by atoms with Gasteiger partial charge in [-0.3, -0.25) is 37.3 Å². The molecule has 5 atom stereocenters. The summed E-state index contributed by atoms with van der Waals surface area (Å²) in [5.74, 6) is 0.774. The van der Waals surface area contributed by atoms with Crippen LogP contribution in [0, 0.1) is 23.7 Å². The number of hydrogen-bond donors (Lipinski definition) is 3. The molecule has 3 unspecified atom stereocenters. The topological polar surface area (TPSA) is 237 Å². The van der Waals surface area contributed by atoms with E-state index in [2.05, 4.69) is 55.4 Å². The van der Waals surface area contributed by atoms with E-state index in [1.807, 2.05) is 0 Å². The minimum Gasteiger partial charge on any atom is -0.462 e. The summed E-state index contributed by atoms with van der Waals surface area (Å²) >= 11 is 0. The van der Waals surface area contributed by atoms with Crippen LogP contribution in [-0.4, -0.2) is 96.7 Å². The largest absolute Gasteiger partial charge is 0.472 e. The summed E-state index contributed by atoms with van der Waals surface area (Å²) < 4.78 is 68.1. The lowest BCUT2D eigenvalue weighted by Crippen LogP contribution is -2.30. The number of aliphatic hydroxyl groups excluding tert-OH is 1. The van der Waals surface area contributed by atoms with E-state index in [9.17, 15) is 43.2 Å². The summed E-state index contributed by atoms with van der Waals surface area (Å²) in [6.45, 7) is 14.0. The van der Waals surface area contributed by atoms with Crippen LogP contribution in [0.15, 0.2) is 0 Å². The Kier molecular flexibility index (Phi) is 56.6. The van der Waals surface area contributed by atoms with E-state index < -0.39 is 97.5 Å². The maximum atomic E-state index is 13.0. The standard InChI is InChI=1S/C68H132O17P2/c1-58(2)44-36-28-20-14-12-10-9-11-13-15-24-32-40-48-65(70)78-54-63(84-67(72)50-42-34-25-17-16-21-29-37-45-59(3)4)56-82-86(74,75)80-52-62(69)53-81-87(76,77)83-57-64(85-68(73)51-43-35-27-19-23-31-39-47-61(7)8)55-79-66(71)49-41-33-26-18-22-30-38-46-60(5)6/h58-64,69H,9-57H2,1-8H3,(H,74,75)(H,76,77)/t62?,63-,64-/m1/s1. The molecule has 0 saturated carbocycles. The fourth-order valence-corrected chi connectivity index (χ4v) is 11.7. The summed E-state index contributed by atoms with van der Waals surface area (Å²) in [6, 6.07) is 0. The van der Waals surface area contributed by atoms with Crippen LogP contribution in [0.2, 0.25) is 0 Å². The summed E-state index contributed by atoms with van der Waals surface area (Å²) in [5.41, 5.74) is 0. The Bertz CT molecular complexity index is 1730. The highest BCUT2D eigenvalue weighted by molar-refractivity contribution is 7.47. The van der Waals surface area contributed by atoms with Gasteiger partial charge in [0.1, 0.15) is 19.3 Å². The van der Waals surface area contributed by atoms with Crippen LogP contribution in [0.4, 0.5) is 0 Å². The van der Waals surface area contributed by atoms with Crippen molar-refractivity contribution in [2.24, 2.45) is 23.7 Å². The van der Waals surface area contributed by atoms with E-state index in [1.54, 1.807) is 0 Å². The Hall–Kier alpha value is -1.94. The average molecular weight is 1280 g/mol. The lowest BCUT2D eigenvalue weighted by molar-refractivity contribution is -0.161. The predicted octanol–water partition coefficient (Wildman–Crippen LogP) is 18.9. The third kappa shape index (κ3) is 62.6. The third-order valence-corrected chi connectivity index (χ3v) is 17.5. The number of ether oxygens (including phenoxy) is 4. The minimum atomic E-state index is -4.95. The molecule has 0 aliphatic rings. The first-order chi connectivity index (χ1) is 41.6. The van der Waals surface area contributed by atoms with Gasteiger partial charge < -0.3 is 33.8 Å². The van der Waals surface area contributed by atoms with E-state index in [0.717, 1.165) is 108 Å². The van der Waals surface area contributed by atoms with Crippen molar-refractivity contribution in [3.05, 3.63) is 0 Å². The molecule has 0 spiro atoms. The second kappa shape index (κ2) is 57.9. The maximum absolute atomic E-state index is 13.0. The molecule has 0 amide bonds. The lowest BCUT2D eigenvalue weighted by Gasteiger charge is -2.21. The van der Waals surface area contributed by atoms with Crippen molar-refractivity contribution in [2.45, 2.75) is 350 Å². The highest BCUT2D eigenvalue weighted by atomic mass is 31.2. The quantitative estimate of drug-likeness (QED) is 0.0222. The van der Waals surface area contributed by atoms with Gasteiger partial charge in [-0.15, -0.1) is 0 Å². The van der Waals surface area contributed by atoms with Crippen LogP contribution in [-0.2, 0) is 65.4 Å². The van der Waals surface area contributed by atoms with E-state index >= 15 is 0 Å². The molecule has 0 saturated heterocycles. The molecule has 19 heteroatoms. The van der Waals surface area contributed by atoms with Crippen molar-refractivity contribution in [3.8, 4) is 0 Å². The Morgan fingerprint density at radius 2 is 0.483 bits per heavy atom. The van der Waals surface area contributed by atoms with Crippen molar-refractivity contribution in [1.29, 1.82) is 0 Å². The number of phosphoric acid groups is 2. The zero-order chi connectivity index (χ0) is 64.7. The molecule has 0 radical (unpaired) electrons. The van der Waals surface area contributed by atoms with Crippen molar-refractivity contribution in [3.63, 3.8) is 0 Å². The molecule has 0 heterocycles. The predicted molar refractivity (Wildman–Crippen MR) is 349 cm³/mol. The molecule has 87 heavy (non-hydrogen) atoms. The Balaban J connectivity index is 5.22. The van der Waals surface area contributed by atoms with E-state index in [1.165, 1.54) is 128 Å². The fraction of sp³-hybridized carbons (Fsp3) is 0.941. The van der Waals surface area contributed by atoms with Crippen LogP contribution >= 0.6 is 15.6 Å². The molecule has 0 bridgehead atoms. The summed E-state index contributed by atoms with van der Waals surface area (Å²) in [7, 11) is -9.90. The van der Waals surface area contributed by atoms with E-state index in [4.69, 9.17) is 37.0 Å². The van der Waals surface area contributed by atoms with Gasteiger partial charge in [-0.25, -0.2) is 9.13 Å². The summed E-state index contributed by atoms with van der Waals surface area (Å²) in [4.78, 5) is 72.4. The monoisotopic (exact) mass is 1280 g/mol. The Morgan fingerprint density at radius 3 is 0.713 bits per heavy atom. The number of unbranched alkanes of at least 4 members (excludes halogenated alkanes) is 31. The first-order valence-electron chi connectivity index (χ1n) is 35.2. The molecule has 0 aliphatic heterocycles. The van der Waals surface area contributed by atoms with Crippen LogP contribution in [0.5, 0.6) is 0 Å². The summed E-state index contributed by atoms with van der Waals surface area (Å²) in [6.07, 6.45) is 39.2. The first-order valence-corrected chi connectivity index (χ1v) is 38.2. The third-order valence-electron chi connectivity index (χ3n) is 15.6. The number of phosphoric ester groups is 2. The molecule has 516 valence electrons. The average Bonchev–Trinajstić information content (AvgIpc) is 3.68. The zero-order valence-electron chi connectivity index (χ0n) is 56.6. The van der Waals surface area contributed by atoms with Crippen molar-refractivity contribution in [1.82, 2.24) is 0 Å². The fourth-order valence-electron chi connectivity index (χ4n) is 10.1. The van der Waals surface area contributed by atoms with Gasteiger partial charge in [-0.1, -0.05) is 280 Å². The zero-order valence-corrected chi connectivity index (χ0v) is 58.4. The molecular formula is C68H132O17P2. The Labute approximate surface area is 530 Å². The molecule has 0 rings (SSSR count). The highest BCUT2D eigenvalue weighted by Crippen LogP contribution is 2.45. The van der Waals surface area contributed by atoms with Gasteiger partial charge >= 0.3 is 39.5 Å². The molecule has 0 aliphatic carbocycles. The maximum Gasteiger partial charge on any atom is 0.472 e. The first kappa shape index (κ1) is 85.1. The van der Waals surface area contributed by atoms with Crippen molar-refractivity contribution < 1.29 is 80.2 Å². The van der Waals surface area contributed by atoms with Crippen LogP contribution in [0.1, 0.15) is 331 Å². The van der Waals surface area contributed by atoms with Crippen molar-refractivity contribution >= 4 is 39.5 Å². The number of carbonyl (C=O) groups is 4.